The van der Waals surface area contributed by atoms with Crippen LogP contribution in [0.3, 0.4) is 0 Å². The van der Waals surface area contributed by atoms with Crippen LogP contribution in [0.15, 0.2) is 0 Å². The Morgan fingerprint density at radius 3 is 1.65 bits per heavy atom. The first-order valence-electron chi connectivity index (χ1n) is 8.94. The molecule has 0 aromatic rings. The molecule has 4 aliphatic heterocycles. The van der Waals surface area contributed by atoms with Crippen molar-refractivity contribution in [2.45, 2.75) is 37.6 Å². The second-order valence-electron chi connectivity index (χ2n) is 6.26. The summed E-state index contributed by atoms with van der Waals surface area (Å²) in [5.74, 6) is -0.448. The Bertz CT molecular complexity index is 435. The van der Waals surface area contributed by atoms with Crippen molar-refractivity contribution < 1.29 is 38.0 Å². The van der Waals surface area contributed by atoms with Crippen molar-refractivity contribution in [1.29, 1.82) is 0 Å². The highest BCUT2D eigenvalue weighted by Gasteiger charge is 2.38. The van der Waals surface area contributed by atoms with Crippen molar-refractivity contribution in [2.75, 3.05) is 52.7 Å². The highest BCUT2D eigenvalue weighted by atomic mass is 16.8. The third kappa shape index (κ3) is 6.15. The molecule has 2 amide bonds. The number of rotatable bonds is 0. The van der Waals surface area contributed by atoms with E-state index in [1.807, 2.05) is 0 Å². The lowest BCUT2D eigenvalue weighted by molar-refractivity contribution is -0.337. The Hall–Kier alpha value is -1.30. The highest BCUT2D eigenvalue weighted by molar-refractivity contribution is 5.77. The third-order valence-corrected chi connectivity index (χ3v) is 4.20. The van der Waals surface area contributed by atoms with Gasteiger partial charge < -0.3 is 39.1 Å². The Labute approximate surface area is 151 Å². The van der Waals surface area contributed by atoms with E-state index in [2.05, 4.69) is 10.6 Å². The number of hydrogen-bond donors (Lipinski definition) is 2. The monoisotopic (exact) mass is 374 g/mol. The predicted molar refractivity (Wildman–Crippen MR) is 86.1 cm³/mol. The SMILES string of the molecule is O=C1COCCOCC(=O)NCC[C@@H]2OC[C@@H]3O[C@H](CCN1)OC[C@@H]3O2. The predicted octanol–water partition coefficient (Wildman–Crippen LogP) is -1.47. The van der Waals surface area contributed by atoms with Crippen LogP contribution in [0.2, 0.25) is 0 Å². The lowest BCUT2D eigenvalue weighted by Gasteiger charge is -2.41. The summed E-state index contributed by atoms with van der Waals surface area (Å²) in [7, 11) is 0. The zero-order valence-electron chi connectivity index (χ0n) is 14.6. The first-order chi connectivity index (χ1) is 12.7. The van der Waals surface area contributed by atoms with Crippen molar-refractivity contribution in [1.82, 2.24) is 10.6 Å². The molecule has 0 aliphatic carbocycles. The van der Waals surface area contributed by atoms with Gasteiger partial charge >= 0.3 is 0 Å². The third-order valence-electron chi connectivity index (χ3n) is 4.20. The van der Waals surface area contributed by atoms with Gasteiger partial charge in [0.25, 0.3) is 0 Å². The van der Waals surface area contributed by atoms with Crippen LogP contribution in [0.4, 0.5) is 0 Å². The van der Waals surface area contributed by atoms with Crippen molar-refractivity contribution in [3.05, 3.63) is 0 Å². The molecule has 10 nitrogen and oxygen atoms in total. The molecule has 4 heterocycles. The van der Waals surface area contributed by atoms with Crippen LogP contribution in [0.25, 0.3) is 0 Å². The van der Waals surface area contributed by atoms with Gasteiger partial charge in [-0.2, -0.15) is 0 Å². The fourth-order valence-electron chi connectivity index (χ4n) is 2.85. The molecule has 4 saturated heterocycles. The van der Waals surface area contributed by atoms with E-state index in [-0.39, 0.29) is 50.4 Å². The number of carbonyl (C=O) groups excluding carboxylic acids is 2. The average Bonchev–Trinajstić information content (AvgIpc) is 2.64. The van der Waals surface area contributed by atoms with Crippen LogP contribution in [0.5, 0.6) is 0 Å². The van der Waals surface area contributed by atoms with Gasteiger partial charge in [0.1, 0.15) is 25.4 Å². The van der Waals surface area contributed by atoms with Gasteiger partial charge in [0, 0.05) is 25.9 Å². The minimum absolute atomic E-state index is 0.0598. The van der Waals surface area contributed by atoms with E-state index in [1.165, 1.54) is 0 Å². The summed E-state index contributed by atoms with van der Waals surface area (Å²) >= 11 is 0. The summed E-state index contributed by atoms with van der Waals surface area (Å²) in [6.45, 7) is 2.02. The molecule has 4 aliphatic rings. The van der Waals surface area contributed by atoms with Crippen LogP contribution in [0, 0.1) is 0 Å². The molecular formula is C16H26N2O8. The molecule has 26 heavy (non-hydrogen) atoms. The molecule has 148 valence electrons. The van der Waals surface area contributed by atoms with Gasteiger partial charge in [-0.05, 0) is 0 Å². The zero-order chi connectivity index (χ0) is 18.2. The molecule has 0 unspecified atom stereocenters. The second-order valence-corrected chi connectivity index (χ2v) is 6.26. The van der Waals surface area contributed by atoms with Gasteiger partial charge in [0.05, 0.1) is 26.4 Å². The molecule has 0 aromatic carbocycles. The first-order valence-corrected chi connectivity index (χ1v) is 8.94. The van der Waals surface area contributed by atoms with Crippen molar-refractivity contribution >= 4 is 11.8 Å². The van der Waals surface area contributed by atoms with Crippen LogP contribution >= 0.6 is 0 Å². The van der Waals surface area contributed by atoms with Crippen molar-refractivity contribution in [3.63, 3.8) is 0 Å². The molecule has 4 atom stereocenters. The number of ether oxygens (including phenoxy) is 6. The molecule has 0 spiro atoms. The summed E-state index contributed by atoms with van der Waals surface area (Å²) in [5.41, 5.74) is 0. The van der Waals surface area contributed by atoms with Gasteiger partial charge in [0.15, 0.2) is 12.6 Å². The fraction of sp³-hybridized carbons (Fsp3) is 0.875. The molecule has 0 saturated carbocycles. The van der Waals surface area contributed by atoms with E-state index in [4.69, 9.17) is 28.4 Å². The maximum absolute atomic E-state index is 11.7. The van der Waals surface area contributed by atoms with E-state index in [9.17, 15) is 9.59 Å². The summed E-state index contributed by atoms with van der Waals surface area (Å²) in [6, 6.07) is 0. The molecular weight excluding hydrogens is 348 g/mol. The van der Waals surface area contributed by atoms with Crippen LogP contribution in [0.1, 0.15) is 12.8 Å². The van der Waals surface area contributed by atoms with Crippen molar-refractivity contribution in [2.24, 2.45) is 0 Å². The standard InChI is InChI=1S/C16H26N2O8/c19-13-9-21-5-6-22-10-14(20)18-4-2-16-24-8-11-12(26-16)7-23-15(25-11)1-3-17-13/h11-12,15-16H,1-10H2,(H,17,19)(H,18,20)/t11-,12-,15+,16+/m0/s1. The van der Waals surface area contributed by atoms with E-state index in [1.54, 1.807) is 0 Å². The summed E-state index contributed by atoms with van der Waals surface area (Å²) in [6.07, 6.45) is -0.129. The number of fused-ring (bicyclic) bond motifs is 15. The molecule has 4 bridgehead atoms. The number of hydrogen-bond acceptors (Lipinski definition) is 8. The largest absolute Gasteiger partial charge is 0.369 e. The Balaban J connectivity index is 1.50. The molecule has 0 aromatic heterocycles. The molecule has 4 rings (SSSR count). The van der Waals surface area contributed by atoms with E-state index in [0.29, 0.717) is 39.1 Å². The highest BCUT2D eigenvalue weighted by Crippen LogP contribution is 2.24. The van der Waals surface area contributed by atoms with Gasteiger partial charge in [-0.3, -0.25) is 9.59 Å². The average molecular weight is 374 g/mol. The van der Waals surface area contributed by atoms with Gasteiger partial charge in [0.2, 0.25) is 11.8 Å². The molecule has 10 heteroatoms. The van der Waals surface area contributed by atoms with Crippen LogP contribution in [-0.4, -0.2) is 89.3 Å². The minimum Gasteiger partial charge on any atom is -0.369 e. The molecule has 2 N–H and O–H groups in total. The Kier molecular flexibility index (Phi) is 7.59. The summed E-state index contributed by atoms with van der Waals surface area (Å²) in [5, 5.41) is 5.49. The zero-order valence-corrected chi connectivity index (χ0v) is 14.6. The lowest BCUT2D eigenvalue weighted by atomic mass is 10.1. The van der Waals surface area contributed by atoms with Gasteiger partial charge in [-0.15, -0.1) is 0 Å². The first kappa shape index (κ1) is 19.5. The Morgan fingerprint density at radius 2 is 1.19 bits per heavy atom. The maximum Gasteiger partial charge on any atom is 0.246 e. The quantitative estimate of drug-likeness (QED) is 0.494. The molecule has 0 radical (unpaired) electrons. The summed E-state index contributed by atoms with van der Waals surface area (Å²) in [4.78, 5) is 23.4. The fourth-order valence-corrected chi connectivity index (χ4v) is 2.85. The number of amides is 2. The normalized spacial score (nSPS) is 35.5. The smallest absolute Gasteiger partial charge is 0.246 e. The molecule has 4 fully saturated rings. The van der Waals surface area contributed by atoms with E-state index >= 15 is 0 Å². The Morgan fingerprint density at radius 1 is 0.731 bits per heavy atom. The number of nitrogens with one attached hydrogen (secondary N) is 2. The van der Waals surface area contributed by atoms with Crippen LogP contribution < -0.4 is 10.6 Å². The number of carbonyl (C=O) groups is 2. The minimum atomic E-state index is -0.403. The maximum atomic E-state index is 11.7. The van der Waals surface area contributed by atoms with Gasteiger partial charge in [-0.1, -0.05) is 0 Å². The van der Waals surface area contributed by atoms with Gasteiger partial charge in [-0.25, -0.2) is 0 Å². The van der Waals surface area contributed by atoms with E-state index in [0.717, 1.165) is 0 Å². The second kappa shape index (κ2) is 10.1. The summed E-state index contributed by atoms with van der Waals surface area (Å²) < 4.78 is 33.4. The van der Waals surface area contributed by atoms with E-state index < -0.39 is 12.6 Å². The van der Waals surface area contributed by atoms with Crippen LogP contribution in [-0.2, 0) is 38.0 Å². The lowest BCUT2D eigenvalue weighted by Crippen LogP contribution is -2.53. The van der Waals surface area contributed by atoms with Crippen molar-refractivity contribution in [3.8, 4) is 0 Å². The topological polar surface area (TPSA) is 114 Å².